The van der Waals surface area contributed by atoms with Crippen LogP contribution in [0.3, 0.4) is 0 Å². The molecule has 0 saturated carbocycles. The standard InChI is InChI=1S/C22H20ClN5O4/c1-2-32-15-9-7-13(8-10-15)24-20(30)16-11-17(29)26-19-18(16)21(31)28-22(27-19)25-14-5-3-12(23)4-6-14/h3-10,16H,2,11H2,1H3,(H,24,30)(H3,25,26,27,28,29,31). The molecule has 4 rings (SSSR count). The summed E-state index contributed by atoms with van der Waals surface area (Å²) in [6, 6.07) is 13.6. The average Bonchev–Trinajstić information content (AvgIpc) is 2.76. The van der Waals surface area contributed by atoms with Crippen LogP contribution in [0.1, 0.15) is 24.8 Å². The van der Waals surface area contributed by atoms with Crippen molar-refractivity contribution in [3.63, 3.8) is 0 Å². The Labute approximate surface area is 188 Å². The molecule has 2 aromatic carbocycles. The Kier molecular flexibility index (Phi) is 6.09. The third-order valence-corrected chi connectivity index (χ3v) is 5.06. The molecule has 10 heteroatoms. The number of carbonyl (C=O) groups excluding carboxylic acids is 2. The van der Waals surface area contributed by atoms with Crippen LogP contribution in [0.4, 0.5) is 23.1 Å². The van der Waals surface area contributed by atoms with Gasteiger partial charge in [-0.3, -0.25) is 19.4 Å². The number of hydrogen-bond donors (Lipinski definition) is 4. The average molecular weight is 454 g/mol. The number of nitrogens with one attached hydrogen (secondary N) is 4. The van der Waals surface area contributed by atoms with Crippen LogP contribution in [-0.2, 0) is 9.59 Å². The third kappa shape index (κ3) is 4.73. The Morgan fingerprint density at radius 2 is 1.81 bits per heavy atom. The third-order valence-electron chi connectivity index (χ3n) is 4.81. The van der Waals surface area contributed by atoms with Gasteiger partial charge >= 0.3 is 0 Å². The summed E-state index contributed by atoms with van der Waals surface area (Å²) in [4.78, 5) is 44.9. The molecular weight excluding hydrogens is 434 g/mol. The molecule has 0 spiro atoms. The predicted molar refractivity (Wildman–Crippen MR) is 122 cm³/mol. The summed E-state index contributed by atoms with van der Waals surface area (Å²) in [7, 11) is 0. The molecule has 32 heavy (non-hydrogen) atoms. The van der Waals surface area contributed by atoms with Crippen molar-refractivity contribution in [2.45, 2.75) is 19.3 Å². The second kappa shape index (κ2) is 9.11. The molecule has 4 N–H and O–H groups in total. The Hall–Kier alpha value is -3.85. The number of rotatable bonds is 6. The molecule has 0 bridgehead atoms. The minimum atomic E-state index is -0.980. The summed E-state index contributed by atoms with van der Waals surface area (Å²) >= 11 is 5.88. The molecule has 1 atom stereocenters. The first-order chi connectivity index (χ1) is 15.4. The molecule has 1 unspecified atom stereocenters. The predicted octanol–water partition coefficient (Wildman–Crippen LogP) is 3.63. The van der Waals surface area contributed by atoms with Crippen molar-refractivity contribution in [1.82, 2.24) is 9.97 Å². The van der Waals surface area contributed by atoms with Gasteiger partial charge in [0.15, 0.2) is 0 Å². The van der Waals surface area contributed by atoms with Crippen LogP contribution < -0.4 is 26.2 Å². The van der Waals surface area contributed by atoms with Crippen molar-refractivity contribution in [3.05, 3.63) is 69.5 Å². The number of carbonyl (C=O) groups is 2. The Balaban J connectivity index is 1.57. The van der Waals surface area contributed by atoms with E-state index in [1.165, 1.54) is 0 Å². The summed E-state index contributed by atoms with van der Waals surface area (Å²) in [6.45, 7) is 2.41. The van der Waals surface area contributed by atoms with Crippen LogP contribution >= 0.6 is 11.6 Å². The molecule has 164 valence electrons. The molecule has 0 radical (unpaired) electrons. The number of anilines is 4. The first kappa shape index (κ1) is 21.4. The van der Waals surface area contributed by atoms with Crippen molar-refractivity contribution in [2.75, 3.05) is 22.6 Å². The highest BCUT2D eigenvalue weighted by molar-refractivity contribution is 6.30. The van der Waals surface area contributed by atoms with E-state index >= 15 is 0 Å². The number of hydrogen-bond acceptors (Lipinski definition) is 6. The number of halogens is 1. The van der Waals surface area contributed by atoms with E-state index in [1.807, 2.05) is 6.92 Å². The lowest BCUT2D eigenvalue weighted by Crippen LogP contribution is -2.36. The molecular formula is C22H20ClN5O4. The summed E-state index contributed by atoms with van der Waals surface area (Å²) in [5.74, 6) is -1.01. The number of aromatic nitrogens is 2. The molecule has 3 aromatic rings. The fourth-order valence-corrected chi connectivity index (χ4v) is 3.48. The van der Waals surface area contributed by atoms with Crippen LogP contribution in [0.5, 0.6) is 5.75 Å². The molecule has 0 saturated heterocycles. The Morgan fingerprint density at radius 1 is 1.12 bits per heavy atom. The largest absolute Gasteiger partial charge is 0.494 e. The van der Waals surface area contributed by atoms with Crippen molar-refractivity contribution < 1.29 is 14.3 Å². The lowest BCUT2D eigenvalue weighted by atomic mass is 9.92. The number of aromatic amines is 1. The van der Waals surface area contributed by atoms with E-state index in [0.717, 1.165) is 0 Å². The molecule has 1 aliphatic rings. The quantitative estimate of drug-likeness (QED) is 0.451. The van der Waals surface area contributed by atoms with Crippen molar-refractivity contribution >= 4 is 46.6 Å². The minimum absolute atomic E-state index is 0.0494. The summed E-state index contributed by atoms with van der Waals surface area (Å²) in [6.07, 6.45) is -0.162. The molecule has 0 aliphatic carbocycles. The maximum atomic E-state index is 12.9. The number of ether oxygens (including phenoxy) is 1. The van der Waals surface area contributed by atoms with Crippen molar-refractivity contribution in [1.29, 1.82) is 0 Å². The highest BCUT2D eigenvalue weighted by atomic mass is 35.5. The lowest BCUT2D eigenvalue weighted by Gasteiger charge is -2.23. The zero-order valence-corrected chi connectivity index (χ0v) is 17.8. The van der Waals surface area contributed by atoms with Gasteiger partial charge < -0.3 is 20.7 Å². The van der Waals surface area contributed by atoms with Gasteiger partial charge in [0.25, 0.3) is 5.56 Å². The topological polar surface area (TPSA) is 125 Å². The van der Waals surface area contributed by atoms with Crippen molar-refractivity contribution in [3.8, 4) is 5.75 Å². The van der Waals surface area contributed by atoms with Crippen LogP contribution in [-0.4, -0.2) is 28.4 Å². The monoisotopic (exact) mass is 453 g/mol. The maximum absolute atomic E-state index is 12.9. The Bertz CT molecular complexity index is 1210. The Morgan fingerprint density at radius 3 is 2.50 bits per heavy atom. The zero-order valence-electron chi connectivity index (χ0n) is 17.1. The molecule has 2 heterocycles. The smallest absolute Gasteiger partial charge is 0.258 e. The normalized spacial score (nSPS) is 14.8. The van der Waals surface area contributed by atoms with E-state index < -0.39 is 23.3 Å². The fraction of sp³-hybridized carbons (Fsp3) is 0.182. The lowest BCUT2D eigenvalue weighted by molar-refractivity contribution is -0.123. The van der Waals surface area contributed by atoms with E-state index in [-0.39, 0.29) is 23.8 Å². The highest BCUT2D eigenvalue weighted by Crippen LogP contribution is 2.30. The molecule has 1 aliphatic heterocycles. The van der Waals surface area contributed by atoms with E-state index in [9.17, 15) is 14.4 Å². The second-order valence-electron chi connectivity index (χ2n) is 7.06. The second-order valence-corrected chi connectivity index (χ2v) is 7.50. The van der Waals surface area contributed by atoms with E-state index in [2.05, 4.69) is 25.9 Å². The van der Waals surface area contributed by atoms with Gasteiger partial charge in [-0.25, -0.2) is 0 Å². The first-order valence-electron chi connectivity index (χ1n) is 9.93. The van der Waals surface area contributed by atoms with Crippen LogP contribution in [0.15, 0.2) is 53.3 Å². The number of H-pyrrole nitrogens is 1. The summed E-state index contributed by atoms with van der Waals surface area (Å²) in [5, 5.41) is 8.84. The van der Waals surface area contributed by atoms with Gasteiger partial charge in [-0.05, 0) is 55.5 Å². The van der Waals surface area contributed by atoms with E-state index in [0.29, 0.717) is 28.8 Å². The van der Waals surface area contributed by atoms with Gasteiger partial charge in [-0.2, -0.15) is 4.98 Å². The van der Waals surface area contributed by atoms with Crippen LogP contribution in [0.2, 0.25) is 5.02 Å². The van der Waals surface area contributed by atoms with Gasteiger partial charge in [0, 0.05) is 22.8 Å². The zero-order chi connectivity index (χ0) is 22.7. The number of benzene rings is 2. The molecule has 2 amide bonds. The highest BCUT2D eigenvalue weighted by Gasteiger charge is 2.34. The molecule has 9 nitrogen and oxygen atoms in total. The fourth-order valence-electron chi connectivity index (χ4n) is 3.35. The maximum Gasteiger partial charge on any atom is 0.258 e. The van der Waals surface area contributed by atoms with Gasteiger partial charge in [0.1, 0.15) is 11.6 Å². The summed E-state index contributed by atoms with van der Waals surface area (Å²) < 4.78 is 5.39. The SMILES string of the molecule is CCOc1ccc(NC(=O)C2CC(=O)Nc3nc(Nc4ccc(Cl)cc4)[nH]c(=O)c32)cc1. The number of amides is 2. The number of fused-ring (bicyclic) bond motifs is 1. The van der Waals surface area contributed by atoms with Crippen LogP contribution in [0, 0.1) is 0 Å². The molecule has 1 aromatic heterocycles. The van der Waals surface area contributed by atoms with Crippen molar-refractivity contribution in [2.24, 2.45) is 0 Å². The first-order valence-corrected chi connectivity index (χ1v) is 10.3. The van der Waals surface area contributed by atoms with E-state index in [1.54, 1.807) is 48.5 Å². The summed E-state index contributed by atoms with van der Waals surface area (Å²) in [5.41, 5.74) is 0.758. The van der Waals surface area contributed by atoms with Gasteiger partial charge in [0.05, 0.1) is 18.1 Å². The minimum Gasteiger partial charge on any atom is -0.494 e. The van der Waals surface area contributed by atoms with Crippen LogP contribution in [0.25, 0.3) is 0 Å². The van der Waals surface area contributed by atoms with E-state index in [4.69, 9.17) is 16.3 Å². The van der Waals surface area contributed by atoms with Gasteiger partial charge in [-0.1, -0.05) is 11.6 Å². The van der Waals surface area contributed by atoms with Gasteiger partial charge in [0.2, 0.25) is 17.8 Å². The van der Waals surface area contributed by atoms with Gasteiger partial charge in [-0.15, -0.1) is 0 Å². The number of nitrogens with zero attached hydrogens (tertiary/aromatic N) is 1. The molecule has 0 fully saturated rings.